The van der Waals surface area contributed by atoms with Gasteiger partial charge in [0.05, 0.1) is 5.70 Å². The third-order valence-corrected chi connectivity index (χ3v) is 0.959. The first kappa shape index (κ1) is 8.75. The van der Waals surface area contributed by atoms with Gasteiger partial charge in [0.15, 0.2) is 0 Å². The minimum Gasteiger partial charge on any atom is -0.396 e. The molecule has 0 bridgehead atoms. The molecule has 0 radical (unpaired) electrons. The van der Waals surface area contributed by atoms with Crippen molar-refractivity contribution in [2.45, 2.75) is 13.3 Å². The minimum atomic E-state index is -0.0826. The maximum Gasteiger partial charge on any atom is 0.139 e. The maximum atomic E-state index is 6.89. The highest BCUT2D eigenvalue weighted by Crippen LogP contribution is 1.85. The van der Waals surface area contributed by atoms with Crippen LogP contribution in [0.3, 0.4) is 0 Å². The van der Waals surface area contributed by atoms with Crippen molar-refractivity contribution in [1.29, 1.82) is 5.41 Å². The van der Waals surface area contributed by atoms with Crippen LogP contribution in [0.2, 0.25) is 0 Å². The summed E-state index contributed by atoms with van der Waals surface area (Å²) in [7, 11) is 0. The molecular formula is C7H13N3. The van der Waals surface area contributed by atoms with E-state index in [1.807, 2.05) is 13.0 Å². The molecule has 3 heteroatoms. The lowest BCUT2D eigenvalue weighted by atomic mass is 10.3. The molecule has 0 unspecified atom stereocenters. The van der Waals surface area contributed by atoms with E-state index in [2.05, 4.69) is 0 Å². The van der Waals surface area contributed by atoms with Crippen molar-refractivity contribution in [1.82, 2.24) is 0 Å². The predicted molar refractivity (Wildman–Crippen MR) is 43.6 cm³/mol. The molecule has 5 N–H and O–H groups in total. The lowest BCUT2D eigenvalue weighted by Gasteiger charge is -1.92. The largest absolute Gasteiger partial charge is 0.396 e. The zero-order valence-electron chi connectivity index (χ0n) is 6.09. The summed E-state index contributed by atoms with van der Waals surface area (Å²) in [5, 5.41) is 6.89. The van der Waals surface area contributed by atoms with Crippen molar-refractivity contribution < 1.29 is 0 Å². The van der Waals surface area contributed by atoms with Gasteiger partial charge in [-0.15, -0.1) is 0 Å². The molecule has 0 aromatic heterocycles. The molecular weight excluding hydrogens is 126 g/mol. The highest BCUT2D eigenvalue weighted by Gasteiger charge is 1.87. The normalized spacial score (nSPS) is 12.3. The summed E-state index contributed by atoms with van der Waals surface area (Å²) in [6.45, 7) is 2.02. The third kappa shape index (κ3) is 3.72. The highest BCUT2D eigenvalue weighted by molar-refractivity contribution is 5.93. The lowest BCUT2D eigenvalue weighted by molar-refractivity contribution is 1.22. The molecule has 0 aliphatic rings. The molecule has 0 aromatic rings. The van der Waals surface area contributed by atoms with Crippen LogP contribution >= 0.6 is 0 Å². The Hall–Kier alpha value is -1.25. The second kappa shape index (κ2) is 4.61. The van der Waals surface area contributed by atoms with E-state index in [4.69, 9.17) is 16.9 Å². The lowest BCUT2D eigenvalue weighted by Crippen LogP contribution is -2.18. The van der Waals surface area contributed by atoms with E-state index in [0.29, 0.717) is 5.70 Å². The predicted octanol–water partition coefficient (Wildman–Crippen LogP) is 0.731. The first-order valence-corrected chi connectivity index (χ1v) is 3.15. The van der Waals surface area contributed by atoms with Crippen molar-refractivity contribution in [2.24, 2.45) is 11.5 Å². The van der Waals surface area contributed by atoms with Gasteiger partial charge in [0, 0.05) is 0 Å². The average Bonchev–Trinajstić information content (AvgIpc) is 1.88. The van der Waals surface area contributed by atoms with Gasteiger partial charge in [-0.05, 0) is 12.5 Å². The molecule has 0 saturated heterocycles. The van der Waals surface area contributed by atoms with Crippen molar-refractivity contribution >= 4 is 5.84 Å². The molecule has 0 fully saturated rings. The number of hydrogen-bond acceptors (Lipinski definition) is 2. The highest BCUT2D eigenvalue weighted by atomic mass is 14.8. The van der Waals surface area contributed by atoms with Crippen molar-refractivity contribution in [3.63, 3.8) is 0 Å². The van der Waals surface area contributed by atoms with E-state index >= 15 is 0 Å². The SMILES string of the molecule is CC/C=C\C=C(\N)C(=N)N. The van der Waals surface area contributed by atoms with E-state index in [1.54, 1.807) is 12.2 Å². The second-order valence-corrected chi connectivity index (χ2v) is 1.87. The number of allylic oxidation sites excluding steroid dienone is 3. The van der Waals surface area contributed by atoms with Crippen LogP contribution in [-0.4, -0.2) is 5.84 Å². The summed E-state index contributed by atoms with van der Waals surface area (Å²) < 4.78 is 0. The Morgan fingerprint density at radius 3 is 2.50 bits per heavy atom. The van der Waals surface area contributed by atoms with Gasteiger partial charge in [0.1, 0.15) is 5.84 Å². The molecule has 0 aliphatic carbocycles. The van der Waals surface area contributed by atoms with Gasteiger partial charge in [0.2, 0.25) is 0 Å². The van der Waals surface area contributed by atoms with E-state index in [0.717, 1.165) is 6.42 Å². The topological polar surface area (TPSA) is 75.9 Å². The Bertz CT molecular complexity index is 168. The summed E-state index contributed by atoms with van der Waals surface area (Å²) in [4.78, 5) is 0. The van der Waals surface area contributed by atoms with Crippen molar-refractivity contribution in [3.05, 3.63) is 23.9 Å². The first-order chi connectivity index (χ1) is 4.68. The van der Waals surface area contributed by atoms with Gasteiger partial charge < -0.3 is 11.5 Å². The Kier molecular flexibility index (Phi) is 4.04. The standard InChI is InChI=1S/C7H13N3/c1-2-3-4-5-6(8)7(9)10/h3-5H,2,8H2,1H3,(H3,9,10)/b4-3-,6-5+. The molecule has 0 rings (SSSR count). The molecule has 10 heavy (non-hydrogen) atoms. The van der Waals surface area contributed by atoms with E-state index in [1.165, 1.54) is 0 Å². The van der Waals surface area contributed by atoms with Crippen molar-refractivity contribution in [2.75, 3.05) is 0 Å². The maximum absolute atomic E-state index is 6.89. The van der Waals surface area contributed by atoms with Crippen LogP contribution in [0.15, 0.2) is 23.9 Å². The van der Waals surface area contributed by atoms with Gasteiger partial charge in [-0.1, -0.05) is 19.1 Å². The van der Waals surface area contributed by atoms with Gasteiger partial charge in [-0.2, -0.15) is 0 Å². The number of rotatable bonds is 3. The molecule has 0 aromatic carbocycles. The van der Waals surface area contributed by atoms with Crippen LogP contribution in [0, 0.1) is 5.41 Å². The van der Waals surface area contributed by atoms with Crippen LogP contribution < -0.4 is 11.5 Å². The fourth-order valence-electron chi connectivity index (χ4n) is 0.398. The monoisotopic (exact) mass is 139 g/mol. The Balaban J connectivity index is 3.92. The number of nitrogens with one attached hydrogen (secondary N) is 1. The Morgan fingerprint density at radius 2 is 2.10 bits per heavy atom. The number of amidine groups is 1. The second-order valence-electron chi connectivity index (χ2n) is 1.87. The fourth-order valence-corrected chi connectivity index (χ4v) is 0.398. The summed E-state index contributed by atoms with van der Waals surface area (Å²) >= 11 is 0. The summed E-state index contributed by atoms with van der Waals surface area (Å²) in [5.41, 5.74) is 10.7. The van der Waals surface area contributed by atoms with E-state index < -0.39 is 0 Å². The molecule has 0 heterocycles. The van der Waals surface area contributed by atoms with Gasteiger partial charge in [-0.3, -0.25) is 5.41 Å². The quantitative estimate of drug-likeness (QED) is 0.306. The molecule has 3 nitrogen and oxygen atoms in total. The Labute approximate surface area is 60.9 Å². The fraction of sp³-hybridized carbons (Fsp3) is 0.286. The van der Waals surface area contributed by atoms with Gasteiger partial charge in [-0.25, -0.2) is 0 Å². The van der Waals surface area contributed by atoms with Crippen LogP contribution in [-0.2, 0) is 0 Å². The van der Waals surface area contributed by atoms with Crippen LogP contribution in [0.25, 0.3) is 0 Å². The Morgan fingerprint density at radius 1 is 1.50 bits per heavy atom. The van der Waals surface area contributed by atoms with E-state index in [9.17, 15) is 0 Å². The average molecular weight is 139 g/mol. The van der Waals surface area contributed by atoms with Gasteiger partial charge in [0.25, 0.3) is 0 Å². The summed E-state index contributed by atoms with van der Waals surface area (Å²) in [6, 6.07) is 0. The summed E-state index contributed by atoms with van der Waals surface area (Å²) in [6.07, 6.45) is 6.31. The third-order valence-electron chi connectivity index (χ3n) is 0.959. The molecule has 0 aliphatic heterocycles. The number of nitrogens with two attached hydrogens (primary N) is 2. The molecule has 0 atom stereocenters. The van der Waals surface area contributed by atoms with Crippen LogP contribution in [0.5, 0.6) is 0 Å². The van der Waals surface area contributed by atoms with E-state index in [-0.39, 0.29) is 5.84 Å². The van der Waals surface area contributed by atoms with Crippen molar-refractivity contribution in [3.8, 4) is 0 Å². The molecule has 0 spiro atoms. The zero-order chi connectivity index (χ0) is 7.98. The molecule has 56 valence electrons. The van der Waals surface area contributed by atoms with Crippen LogP contribution in [0.4, 0.5) is 0 Å². The number of hydrogen-bond donors (Lipinski definition) is 3. The smallest absolute Gasteiger partial charge is 0.139 e. The zero-order valence-corrected chi connectivity index (χ0v) is 6.09. The van der Waals surface area contributed by atoms with Gasteiger partial charge >= 0.3 is 0 Å². The summed E-state index contributed by atoms with van der Waals surface area (Å²) in [5.74, 6) is -0.0826. The minimum absolute atomic E-state index is 0.0826. The first-order valence-electron chi connectivity index (χ1n) is 3.15. The molecule has 0 amide bonds. The van der Waals surface area contributed by atoms with Crippen LogP contribution in [0.1, 0.15) is 13.3 Å². The molecule has 0 saturated carbocycles.